The number of rotatable bonds is 5. The lowest BCUT2D eigenvalue weighted by Gasteiger charge is -2.16. The molecule has 1 saturated heterocycles. The second kappa shape index (κ2) is 6.61. The van der Waals surface area contributed by atoms with Crippen LogP contribution in [0.2, 0.25) is 0 Å². The molecule has 20 heavy (non-hydrogen) atoms. The Morgan fingerprint density at radius 2 is 2.55 bits per heavy atom. The summed E-state index contributed by atoms with van der Waals surface area (Å²) in [4.78, 5) is 18.1. The lowest BCUT2D eigenvalue weighted by Crippen LogP contribution is -2.27. The van der Waals surface area contributed by atoms with E-state index in [9.17, 15) is 9.90 Å². The van der Waals surface area contributed by atoms with Gasteiger partial charge in [0.2, 0.25) is 0 Å². The van der Waals surface area contributed by atoms with E-state index in [0.29, 0.717) is 6.42 Å². The van der Waals surface area contributed by atoms with Gasteiger partial charge in [0, 0.05) is 13.5 Å². The number of aromatic nitrogens is 2. The van der Waals surface area contributed by atoms with E-state index < -0.39 is 24.0 Å². The largest absolute Gasteiger partial charge is 0.390 e. The molecule has 0 aliphatic carbocycles. The summed E-state index contributed by atoms with van der Waals surface area (Å²) in [6.07, 6.45) is 0.0790. The van der Waals surface area contributed by atoms with Gasteiger partial charge < -0.3 is 24.9 Å². The summed E-state index contributed by atoms with van der Waals surface area (Å²) in [7, 11) is 1.53. The van der Waals surface area contributed by atoms with Gasteiger partial charge in [-0.25, -0.2) is 4.98 Å². The van der Waals surface area contributed by atoms with Gasteiger partial charge in [0.15, 0.2) is 0 Å². The van der Waals surface area contributed by atoms with Crippen molar-refractivity contribution < 1.29 is 14.6 Å². The second-order valence-electron chi connectivity index (χ2n) is 4.34. The highest BCUT2D eigenvalue weighted by Gasteiger charge is 2.34. The molecule has 1 aliphatic heterocycles. The summed E-state index contributed by atoms with van der Waals surface area (Å²) in [5.74, 6) is 0.267. The highest BCUT2D eigenvalue weighted by molar-refractivity contribution is 14.1. The van der Waals surface area contributed by atoms with Crippen LogP contribution in [0, 0.1) is 5.41 Å². The number of methoxy groups -OCH3 is 1. The van der Waals surface area contributed by atoms with Crippen LogP contribution in [0.25, 0.3) is 0 Å². The van der Waals surface area contributed by atoms with Crippen molar-refractivity contribution in [3.05, 3.63) is 22.2 Å². The van der Waals surface area contributed by atoms with E-state index in [1.807, 2.05) is 0 Å². The molecule has 0 aromatic carbocycles. The highest BCUT2D eigenvalue weighted by atomic mass is 127. The number of aliphatic hydroxyl groups excluding tert-OH is 1. The number of aliphatic hydroxyl groups is 1. The number of hydrogen-bond donors (Lipinski definition) is 4. The number of anilines is 1. The van der Waals surface area contributed by atoms with Gasteiger partial charge >= 0.3 is 0 Å². The monoisotopic (exact) mass is 394 g/mol. The van der Waals surface area contributed by atoms with Crippen molar-refractivity contribution in [2.24, 2.45) is 0 Å². The predicted octanol–water partition coefficient (Wildman–Crippen LogP) is 0.0645. The van der Waals surface area contributed by atoms with Crippen LogP contribution in [-0.2, 0) is 9.47 Å². The fourth-order valence-electron chi connectivity index (χ4n) is 2.00. The van der Waals surface area contributed by atoms with Crippen LogP contribution < -0.4 is 10.9 Å². The molecule has 1 aliphatic rings. The van der Waals surface area contributed by atoms with E-state index in [0.717, 1.165) is 0 Å². The minimum atomic E-state index is -0.642. The molecule has 1 fully saturated rings. The first kappa shape index (κ1) is 15.4. The Kier molecular flexibility index (Phi) is 5.07. The average molecular weight is 394 g/mol. The number of H-pyrrole nitrogens is 1. The smallest absolute Gasteiger partial charge is 0.262 e. The third kappa shape index (κ3) is 3.34. The summed E-state index contributed by atoms with van der Waals surface area (Å²) >= 11 is 1.74. The molecular weight excluding hydrogens is 379 g/mol. The summed E-state index contributed by atoms with van der Waals surface area (Å²) < 4.78 is 10.6. The van der Waals surface area contributed by atoms with E-state index in [2.05, 4.69) is 15.3 Å². The van der Waals surface area contributed by atoms with E-state index >= 15 is 0 Å². The Hall–Kier alpha value is -1.04. The van der Waals surface area contributed by atoms with Gasteiger partial charge in [-0.2, -0.15) is 0 Å². The van der Waals surface area contributed by atoms with Crippen LogP contribution in [0.15, 0.2) is 11.1 Å². The van der Waals surface area contributed by atoms with Crippen LogP contribution in [-0.4, -0.2) is 50.9 Å². The van der Waals surface area contributed by atoms with Crippen LogP contribution in [0.4, 0.5) is 5.82 Å². The molecule has 1 aromatic heterocycles. The summed E-state index contributed by atoms with van der Waals surface area (Å²) in [6.45, 7) is 0.289. The Morgan fingerprint density at radius 1 is 1.80 bits per heavy atom. The van der Waals surface area contributed by atoms with Crippen LogP contribution >= 0.6 is 22.6 Å². The Morgan fingerprint density at radius 3 is 3.20 bits per heavy atom. The molecule has 2 heterocycles. The van der Waals surface area contributed by atoms with Crippen molar-refractivity contribution in [3.63, 3.8) is 0 Å². The van der Waals surface area contributed by atoms with Crippen molar-refractivity contribution in [2.45, 2.75) is 24.9 Å². The normalized spacial score (nSPS) is 25.6. The Balaban J connectivity index is 2.14. The Bertz CT molecular complexity index is 549. The number of hydrogen-bond acceptors (Lipinski definition) is 7. The van der Waals surface area contributed by atoms with Gasteiger partial charge in [-0.3, -0.25) is 10.2 Å². The topological polar surface area (TPSA) is 120 Å². The van der Waals surface area contributed by atoms with Gasteiger partial charge in [-0.1, -0.05) is 0 Å². The van der Waals surface area contributed by atoms with E-state index in [4.69, 9.17) is 14.9 Å². The fourth-order valence-corrected chi connectivity index (χ4v) is 2.50. The summed E-state index contributed by atoms with van der Waals surface area (Å²) in [6, 6.07) is 0. The number of nitrogens with zero attached hydrogens (tertiary/aromatic N) is 1. The number of nitrogens with one attached hydrogen (secondary N) is 3. The zero-order valence-electron chi connectivity index (χ0n) is 10.7. The van der Waals surface area contributed by atoms with Gasteiger partial charge in [0.1, 0.15) is 27.4 Å². The first-order chi connectivity index (χ1) is 9.52. The van der Waals surface area contributed by atoms with Crippen molar-refractivity contribution in [1.29, 1.82) is 5.41 Å². The standard InChI is InChI=1S/C11H15IN4O4/c1-19-3-6-5(17)2-7(20-6)16-10-8(9(12)13)11(18)15-4-14-10/h4-7,13,17H,2-3H2,1H3,(H2,14,15,16,18). The van der Waals surface area contributed by atoms with Gasteiger partial charge in [0.05, 0.1) is 19.0 Å². The van der Waals surface area contributed by atoms with Gasteiger partial charge in [-0.05, 0) is 22.6 Å². The van der Waals surface area contributed by atoms with Gasteiger partial charge in [-0.15, -0.1) is 0 Å². The molecule has 0 saturated carbocycles. The SMILES string of the molecule is COCC1OC(Nc2nc[nH]c(=O)c2C(=N)I)CC1O. The zero-order valence-corrected chi connectivity index (χ0v) is 12.9. The molecule has 3 atom stereocenters. The molecule has 0 bridgehead atoms. The maximum Gasteiger partial charge on any atom is 0.262 e. The van der Waals surface area contributed by atoms with E-state index in [1.165, 1.54) is 13.4 Å². The third-order valence-electron chi connectivity index (χ3n) is 2.93. The number of aromatic amines is 1. The van der Waals surface area contributed by atoms with Crippen molar-refractivity contribution in [1.82, 2.24) is 9.97 Å². The maximum absolute atomic E-state index is 11.7. The van der Waals surface area contributed by atoms with Crippen molar-refractivity contribution in [3.8, 4) is 0 Å². The lowest BCUT2D eigenvalue weighted by atomic mass is 10.2. The van der Waals surface area contributed by atoms with Crippen LogP contribution in [0.3, 0.4) is 0 Å². The molecule has 0 radical (unpaired) electrons. The van der Waals surface area contributed by atoms with E-state index in [1.54, 1.807) is 22.6 Å². The number of halogens is 1. The van der Waals surface area contributed by atoms with Gasteiger partial charge in [0.25, 0.3) is 5.56 Å². The molecule has 9 heteroatoms. The van der Waals surface area contributed by atoms with Crippen LogP contribution in [0.5, 0.6) is 0 Å². The Labute approximate surface area is 128 Å². The molecule has 8 nitrogen and oxygen atoms in total. The first-order valence-electron chi connectivity index (χ1n) is 5.94. The molecular formula is C11H15IN4O4. The molecule has 3 unspecified atom stereocenters. The second-order valence-corrected chi connectivity index (χ2v) is 5.41. The van der Waals surface area contributed by atoms with Crippen molar-refractivity contribution in [2.75, 3.05) is 19.0 Å². The average Bonchev–Trinajstić information content (AvgIpc) is 2.70. The summed E-state index contributed by atoms with van der Waals surface area (Å²) in [5.41, 5.74) is -0.240. The third-order valence-corrected chi connectivity index (χ3v) is 3.46. The molecule has 0 amide bonds. The molecule has 1 aromatic rings. The zero-order chi connectivity index (χ0) is 14.7. The maximum atomic E-state index is 11.7. The molecule has 2 rings (SSSR count). The lowest BCUT2D eigenvalue weighted by molar-refractivity contribution is -0.0270. The minimum Gasteiger partial charge on any atom is -0.390 e. The number of ether oxygens (including phenoxy) is 2. The molecule has 0 spiro atoms. The molecule has 4 N–H and O–H groups in total. The summed E-state index contributed by atoms with van der Waals surface area (Å²) in [5, 5.41) is 20.4. The first-order valence-corrected chi connectivity index (χ1v) is 7.02. The van der Waals surface area contributed by atoms with Crippen LogP contribution in [0.1, 0.15) is 12.0 Å². The highest BCUT2D eigenvalue weighted by Crippen LogP contribution is 2.23. The minimum absolute atomic E-state index is 0.0754. The predicted molar refractivity (Wildman–Crippen MR) is 80.5 cm³/mol. The van der Waals surface area contributed by atoms with E-state index in [-0.39, 0.29) is 21.7 Å². The van der Waals surface area contributed by atoms with Crippen molar-refractivity contribution >= 4 is 32.1 Å². The molecule has 110 valence electrons. The fraction of sp³-hybridized carbons (Fsp3) is 0.545. The quantitative estimate of drug-likeness (QED) is 0.414.